The molecule has 25 heavy (non-hydrogen) atoms. The highest BCUT2D eigenvalue weighted by molar-refractivity contribution is 14.0. The van der Waals surface area contributed by atoms with Gasteiger partial charge in [-0.3, -0.25) is 4.99 Å². The van der Waals surface area contributed by atoms with Crippen LogP contribution in [0.3, 0.4) is 0 Å². The summed E-state index contributed by atoms with van der Waals surface area (Å²) in [6.45, 7) is 6.17. The van der Waals surface area contributed by atoms with Crippen molar-refractivity contribution in [2.24, 2.45) is 10.9 Å². The molecule has 2 rings (SSSR count). The Hall–Kier alpha value is -0.350. The highest BCUT2D eigenvalue weighted by Gasteiger charge is 2.11. The fraction of sp³-hybridized carbons (Fsp3) is 0.471. The Kier molecular flexibility index (Phi) is 11.0. The fourth-order valence-electron chi connectivity index (χ4n) is 2.23. The minimum absolute atomic E-state index is 0. The molecule has 0 bridgehead atoms. The lowest BCUT2D eigenvalue weighted by molar-refractivity contribution is 0.184. The highest BCUT2D eigenvalue weighted by atomic mass is 127. The van der Waals surface area contributed by atoms with Gasteiger partial charge in [-0.1, -0.05) is 24.6 Å². The number of halogens is 2. The number of guanidine groups is 1. The first-order chi connectivity index (χ1) is 11.6. The van der Waals surface area contributed by atoms with Crippen LogP contribution in [-0.4, -0.2) is 30.7 Å². The lowest BCUT2D eigenvalue weighted by Gasteiger charge is -2.15. The van der Waals surface area contributed by atoms with Gasteiger partial charge in [-0.05, 0) is 42.8 Å². The standard InChI is InChI=1S/C17H24ClN3OS2.HI/c1-3-19-17(20-10-12(2)9-13-5-4-8-23-13)21-11-14(22)15-6-7-16(18)24-15;/h4-8,12,14,22H,3,9-11H2,1-2H3,(H2,19,20,21);1H. The van der Waals surface area contributed by atoms with E-state index in [-0.39, 0.29) is 24.0 Å². The Bertz CT molecular complexity index is 634. The third-order valence-corrected chi connectivity index (χ3v) is 5.65. The summed E-state index contributed by atoms with van der Waals surface area (Å²) < 4.78 is 0.687. The number of aliphatic imine (C=N–C) groups is 1. The molecule has 0 aliphatic heterocycles. The molecular formula is C17H25ClIN3OS2. The molecule has 8 heteroatoms. The second-order valence-corrected chi connectivity index (χ2v) is 8.43. The fourth-order valence-corrected chi connectivity index (χ4v) is 4.14. The normalized spacial score (nSPS) is 13.8. The molecule has 0 fully saturated rings. The van der Waals surface area contributed by atoms with Crippen molar-refractivity contribution in [2.45, 2.75) is 26.4 Å². The van der Waals surface area contributed by atoms with E-state index in [9.17, 15) is 5.11 Å². The summed E-state index contributed by atoms with van der Waals surface area (Å²) >= 11 is 9.10. The molecule has 140 valence electrons. The molecule has 0 spiro atoms. The molecule has 0 aliphatic rings. The van der Waals surface area contributed by atoms with E-state index in [1.807, 2.05) is 13.0 Å². The Morgan fingerprint density at radius 3 is 2.72 bits per heavy atom. The SMILES string of the molecule is CCNC(=NCC(C)Cc1cccs1)NCC(O)c1ccc(Cl)s1.I. The number of aliphatic hydroxyl groups excluding tert-OH is 1. The minimum Gasteiger partial charge on any atom is -0.386 e. The number of nitrogens with zero attached hydrogens (tertiary/aromatic N) is 1. The van der Waals surface area contributed by atoms with Gasteiger partial charge in [0.25, 0.3) is 0 Å². The minimum atomic E-state index is -0.588. The van der Waals surface area contributed by atoms with Gasteiger partial charge in [0.2, 0.25) is 0 Å². The van der Waals surface area contributed by atoms with Gasteiger partial charge in [-0.25, -0.2) is 0 Å². The van der Waals surface area contributed by atoms with Crippen molar-refractivity contribution in [3.63, 3.8) is 0 Å². The van der Waals surface area contributed by atoms with Crippen molar-refractivity contribution in [1.29, 1.82) is 0 Å². The third kappa shape index (κ3) is 8.25. The van der Waals surface area contributed by atoms with Crippen molar-refractivity contribution < 1.29 is 5.11 Å². The van der Waals surface area contributed by atoms with E-state index in [0.29, 0.717) is 16.8 Å². The first kappa shape index (κ1) is 22.7. The van der Waals surface area contributed by atoms with Gasteiger partial charge in [-0.2, -0.15) is 0 Å². The van der Waals surface area contributed by atoms with Crippen molar-refractivity contribution >= 4 is 64.2 Å². The average molecular weight is 514 g/mol. The van der Waals surface area contributed by atoms with Gasteiger partial charge in [0, 0.05) is 29.4 Å². The molecule has 0 saturated carbocycles. The monoisotopic (exact) mass is 513 g/mol. The molecule has 0 amide bonds. The van der Waals surface area contributed by atoms with Crippen molar-refractivity contribution in [1.82, 2.24) is 10.6 Å². The number of rotatable bonds is 8. The highest BCUT2D eigenvalue weighted by Crippen LogP contribution is 2.26. The van der Waals surface area contributed by atoms with Crippen molar-refractivity contribution in [3.8, 4) is 0 Å². The van der Waals surface area contributed by atoms with Crippen LogP contribution in [0.1, 0.15) is 29.7 Å². The maximum atomic E-state index is 10.2. The lowest BCUT2D eigenvalue weighted by atomic mass is 10.1. The zero-order valence-electron chi connectivity index (χ0n) is 14.4. The second kappa shape index (κ2) is 12.1. The van der Waals surface area contributed by atoms with E-state index in [1.165, 1.54) is 16.2 Å². The van der Waals surface area contributed by atoms with E-state index in [4.69, 9.17) is 11.6 Å². The summed E-state index contributed by atoms with van der Waals surface area (Å²) in [5.41, 5.74) is 0. The smallest absolute Gasteiger partial charge is 0.191 e. The van der Waals surface area contributed by atoms with Crippen LogP contribution in [0.4, 0.5) is 0 Å². The number of hydrogen-bond donors (Lipinski definition) is 3. The molecule has 2 aromatic heterocycles. The molecule has 2 aromatic rings. The van der Waals surface area contributed by atoms with Crippen LogP contribution in [0.2, 0.25) is 4.34 Å². The van der Waals surface area contributed by atoms with Crippen LogP contribution in [0.5, 0.6) is 0 Å². The van der Waals surface area contributed by atoms with Crippen LogP contribution >= 0.6 is 58.3 Å². The molecule has 0 radical (unpaired) electrons. The predicted molar refractivity (Wildman–Crippen MR) is 121 cm³/mol. The maximum Gasteiger partial charge on any atom is 0.191 e. The van der Waals surface area contributed by atoms with Crippen LogP contribution in [0.15, 0.2) is 34.6 Å². The van der Waals surface area contributed by atoms with Gasteiger partial charge in [-0.15, -0.1) is 46.7 Å². The van der Waals surface area contributed by atoms with Crippen LogP contribution < -0.4 is 10.6 Å². The van der Waals surface area contributed by atoms with Crippen molar-refractivity contribution in [2.75, 3.05) is 19.6 Å². The molecule has 0 aliphatic carbocycles. The molecular weight excluding hydrogens is 489 g/mol. The van der Waals surface area contributed by atoms with Gasteiger partial charge in [0.1, 0.15) is 6.10 Å². The van der Waals surface area contributed by atoms with Gasteiger partial charge in [0.05, 0.1) is 4.34 Å². The zero-order valence-corrected chi connectivity index (χ0v) is 19.1. The van der Waals surface area contributed by atoms with Crippen LogP contribution in [-0.2, 0) is 6.42 Å². The predicted octanol–water partition coefficient (Wildman–Crippen LogP) is 4.55. The van der Waals surface area contributed by atoms with E-state index < -0.39 is 6.10 Å². The topological polar surface area (TPSA) is 56.7 Å². The molecule has 2 unspecified atom stereocenters. The number of nitrogens with one attached hydrogen (secondary N) is 2. The zero-order chi connectivity index (χ0) is 17.4. The first-order valence-corrected chi connectivity index (χ1v) is 10.1. The summed E-state index contributed by atoms with van der Waals surface area (Å²) in [5, 5.41) is 18.7. The second-order valence-electron chi connectivity index (χ2n) is 5.65. The molecule has 0 saturated heterocycles. The number of thiophene rings is 2. The van der Waals surface area contributed by atoms with Crippen molar-refractivity contribution in [3.05, 3.63) is 43.7 Å². The summed E-state index contributed by atoms with van der Waals surface area (Å²) in [6.07, 6.45) is 0.451. The van der Waals surface area contributed by atoms with Crippen LogP contribution in [0, 0.1) is 5.92 Å². The molecule has 0 aromatic carbocycles. The maximum absolute atomic E-state index is 10.2. The van der Waals surface area contributed by atoms with E-state index in [1.54, 1.807) is 17.4 Å². The Labute approximate surface area is 179 Å². The Morgan fingerprint density at radius 2 is 2.12 bits per heavy atom. The number of aliphatic hydroxyl groups is 1. The van der Waals surface area contributed by atoms with Crippen LogP contribution in [0.25, 0.3) is 0 Å². The Balaban J connectivity index is 0.00000312. The summed E-state index contributed by atoms with van der Waals surface area (Å²) in [7, 11) is 0. The van der Waals surface area contributed by atoms with E-state index in [0.717, 1.165) is 30.3 Å². The average Bonchev–Trinajstić information content (AvgIpc) is 3.21. The summed E-state index contributed by atoms with van der Waals surface area (Å²) in [4.78, 5) is 6.88. The molecule has 4 nitrogen and oxygen atoms in total. The first-order valence-electron chi connectivity index (χ1n) is 8.06. The Morgan fingerprint density at radius 1 is 1.32 bits per heavy atom. The molecule has 3 N–H and O–H groups in total. The quantitative estimate of drug-likeness (QED) is 0.276. The number of hydrogen-bond acceptors (Lipinski definition) is 4. The van der Waals surface area contributed by atoms with Gasteiger partial charge < -0.3 is 15.7 Å². The summed E-state index contributed by atoms with van der Waals surface area (Å²) in [6, 6.07) is 7.90. The molecule has 2 atom stereocenters. The third-order valence-electron chi connectivity index (χ3n) is 3.42. The van der Waals surface area contributed by atoms with E-state index in [2.05, 4.69) is 40.1 Å². The van der Waals surface area contributed by atoms with Gasteiger partial charge in [0.15, 0.2) is 5.96 Å². The largest absolute Gasteiger partial charge is 0.386 e. The lowest BCUT2D eigenvalue weighted by Crippen LogP contribution is -2.39. The molecule has 2 heterocycles. The van der Waals surface area contributed by atoms with Gasteiger partial charge >= 0.3 is 0 Å². The summed E-state index contributed by atoms with van der Waals surface area (Å²) in [5.74, 6) is 1.21. The van der Waals surface area contributed by atoms with E-state index >= 15 is 0 Å².